The fourth-order valence-corrected chi connectivity index (χ4v) is 3.02. The van der Waals surface area contributed by atoms with E-state index in [4.69, 9.17) is 33.2 Å². The number of fused-ring (bicyclic) bond motifs is 1. The summed E-state index contributed by atoms with van der Waals surface area (Å²) in [6.45, 7) is 0.489. The molecule has 6 N–H and O–H groups in total. The van der Waals surface area contributed by atoms with Gasteiger partial charge in [-0.25, -0.2) is 14.6 Å². The number of rotatable bonds is 10. The third-order valence-electron chi connectivity index (χ3n) is 4.75. The van der Waals surface area contributed by atoms with Gasteiger partial charge in [-0.2, -0.15) is 9.97 Å². The zero-order valence-electron chi connectivity index (χ0n) is 16.4. The van der Waals surface area contributed by atoms with E-state index in [2.05, 4.69) is 15.0 Å². The molecule has 13 nitrogen and oxygen atoms in total. The molecule has 2 aromatic heterocycles. The van der Waals surface area contributed by atoms with Crippen molar-refractivity contribution in [3.8, 4) is 12.3 Å². The minimum Gasteiger partial charge on any atom is -0.479 e. The van der Waals surface area contributed by atoms with Crippen molar-refractivity contribution in [3.05, 3.63) is 11.6 Å². The van der Waals surface area contributed by atoms with Crippen LogP contribution < -0.4 is 5.73 Å². The van der Waals surface area contributed by atoms with Gasteiger partial charge in [-0.15, -0.1) is 6.42 Å². The number of ether oxygens (including phenoxy) is 2. The number of carboxylic acid groups (broad SMARTS) is 2. The van der Waals surface area contributed by atoms with E-state index in [1.807, 2.05) is 5.92 Å². The highest BCUT2D eigenvalue weighted by molar-refractivity contribution is 6.28. The van der Waals surface area contributed by atoms with E-state index < -0.39 is 48.5 Å². The third-order valence-corrected chi connectivity index (χ3v) is 4.92. The van der Waals surface area contributed by atoms with Crippen LogP contribution in [0.15, 0.2) is 6.33 Å². The Morgan fingerprint density at radius 2 is 2.00 bits per heavy atom. The molecule has 0 aliphatic heterocycles. The maximum absolute atomic E-state index is 11.5. The molecule has 2 rings (SSSR count). The average Bonchev–Trinajstić information content (AvgIpc) is 3.13. The van der Waals surface area contributed by atoms with Crippen LogP contribution in [0.4, 0.5) is 5.82 Å². The van der Waals surface area contributed by atoms with E-state index in [-0.39, 0.29) is 22.3 Å². The summed E-state index contributed by atoms with van der Waals surface area (Å²) >= 11 is 5.79. The van der Waals surface area contributed by atoms with E-state index in [0.717, 1.165) is 18.0 Å². The topological polar surface area (TPSA) is 203 Å². The number of hydrogen-bond acceptors (Lipinski definition) is 10. The Morgan fingerprint density at radius 3 is 2.48 bits per heavy atom. The minimum atomic E-state index is -2.62. The molecule has 0 saturated carbocycles. The van der Waals surface area contributed by atoms with Gasteiger partial charge in [0.2, 0.25) is 5.28 Å². The summed E-state index contributed by atoms with van der Waals surface area (Å²) in [5, 5.41) is 40.2. The molecule has 0 bridgehead atoms. The van der Waals surface area contributed by atoms with Crippen molar-refractivity contribution in [2.75, 3.05) is 19.5 Å². The molecule has 0 aliphatic carbocycles. The molecule has 168 valence electrons. The number of imidazole rings is 1. The van der Waals surface area contributed by atoms with Crippen LogP contribution in [0.25, 0.3) is 11.2 Å². The largest absolute Gasteiger partial charge is 0.479 e. The average molecular weight is 458 g/mol. The van der Waals surface area contributed by atoms with E-state index in [1.54, 1.807) is 0 Å². The van der Waals surface area contributed by atoms with Crippen molar-refractivity contribution in [3.63, 3.8) is 0 Å². The number of nitrogen functional groups attached to an aromatic ring is 1. The van der Waals surface area contributed by atoms with Crippen LogP contribution >= 0.6 is 11.6 Å². The quantitative estimate of drug-likeness (QED) is 0.170. The first-order chi connectivity index (χ1) is 14.5. The Labute approximate surface area is 180 Å². The van der Waals surface area contributed by atoms with Crippen LogP contribution in [-0.2, 0) is 19.1 Å². The number of carbonyl (C=O) groups is 2. The maximum Gasteiger partial charge on any atom is 0.347 e. The normalized spacial score (nSPS) is 15.7. The molecular weight excluding hydrogens is 438 g/mol. The number of carboxylic acids is 2. The van der Waals surface area contributed by atoms with E-state index in [9.17, 15) is 30.0 Å². The predicted octanol–water partition coefficient (Wildman–Crippen LogP) is -0.733. The summed E-state index contributed by atoms with van der Waals surface area (Å²) in [4.78, 5) is 34.6. The van der Waals surface area contributed by atoms with Gasteiger partial charge in [0, 0.05) is 7.11 Å². The van der Waals surface area contributed by atoms with Crippen molar-refractivity contribution in [1.82, 2.24) is 19.5 Å². The molecule has 31 heavy (non-hydrogen) atoms. The second kappa shape index (κ2) is 9.00. The number of aliphatic hydroxyl groups excluding tert-OH is 1. The van der Waals surface area contributed by atoms with Gasteiger partial charge in [-0.1, -0.05) is 12.8 Å². The summed E-state index contributed by atoms with van der Waals surface area (Å²) in [6.07, 6.45) is 2.52. The lowest BCUT2D eigenvalue weighted by Gasteiger charge is -2.36. The van der Waals surface area contributed by atoms with Gasteiger partial charge in [0.15, 0.2) is 23.3 Å². The number of aromatic nitrogens is 4. The van der Waals surface area contributed by atoms with Crippen LogP contribution in [0.1, 0.15) is 19.6 Å². The molecule has 0 amide bonds. The van der Waals surface area contributed by atoms with Gasteiger partial charge >= 0.3 is 11.9 Å². The molecule has 0 aliphatic rings. The number of halogens is 1. The van der Waals surface area contributed by atoms with Crippen molar-refractivity contribution < 1.29 is 39.5 Å². The summed E-state index contributed by atoms with van der Waals surface area (Å²) in [7, 11) is 1.10. The molecule has 2 heterocycles. The Morgan fingerprint density at radius 1 is 1.39 bits per heavy atom. The van der Waals surface area contributed by atoms with E-state index >= 15 is 0 Å². The molecule has 14 heteroatoms. The van der Waals surface area contributed by atoms with Gasteiger partial charge in [0.1, 0.15) is 11.6 Å². The van der Waals surface area contributed by atoms with Gasteiger partial charge in [0.05, 0.1) is 12.9 Å². The Kier molecular flexibility index (Phi) is 7.04. The van der Waals surface area contributed by atoms with Gasteiger partial charge in [-0.05, 0) is 18.0 Å². The zero-order chi connectivity index (χ0) is 23.6. The molecule has 0 aromatic carbocycles. The van der Waals surface area contributed by atoms with E-state index in [1.165, 1.54) is 6.92 Å². The van der Waals surface area contributed by atoms with Crippen LogP contribution in [0.2, 0.25) is 5.28 Å². The van der Waals surface area contributed by atoms with Crippen LogP contribution in [0.5, 0.6) is 0 Å². The van der Waals surface area contributed by atoms with Gasteiger partial charge in [0.25, 0.3) is 5.60 Å². The molecule has 0 fully saturated rings. The molecule has 0 radical (unpaired) electrons. The van der Waals surface area contributed by atoms with Crippen LogP contribution in [0, 0.1) is 12.3 Å². The maximum atomic E-state index is 11.5. The van der Waals surface area contributed by atoms with Crippen molar-refractivity contribution in [2.45, 2.75) is 36.9 Å². The summed E-state index contributed by atoms with van der Waals surface area (Å²) in [5.74, 6) is -1.64. The zero-order valence-corrected chi connectivity index (χ0v) is 17.1. The number of nitrogens with zero attached hydrogens (tertiary/aromatic N) is 4. The number of anilines is 1. The van der Waals surface area contributed by atoms with Crippen LogP contribution in [0.3, 0.4) is 0 Å². The molecule has 0 unspecified atom stereocenters. The molecule has 3 atom stereocenters. The summed E-state index contributed by atoms with van der Waals surface area (Å²) in [5.41, 5.74) is 0.549. The van der Waals surface area contributed by atoms with Crippen molar-refractivity contribution in [2.24, 2.45) is 0 Å². The predicted molar refractivity (Wildman–Crippen MR) is 105 cm³/mol. The van der Waals surface area contributed by atoms with Crippen molar-refractivity contribution >= 4 is 40.5 Å². The second-order valence-electron chi connectivity index (χ2n) is 6.37. The van der Waals surface area contributed by atoms with Gasteiger partial charge < -0.3 is 35.6 Å². The molecule has 2 aromatic rings. The lowest BCUT2D eigenvalue weighted by Crippen LogP contribution is -2.55. The minimum absolute atomic E-state index is 0.0616. The standard InChI is InChI=1S/C17H20ClN5O8/c1-4-16(29,8(30-3)6-31-17(5-2,13(25)26)14(27)28)12(24)23-7-20-9-10(19)21-15(18)22-11(9)23/h1,7-8,12,24,29H,5-6H2,2-3H3,(H,25,26)(H,27,28)(H2,19,21,22)/t8-,12-,16-/m1/s1. The Hall–Kier alpha value is -3.02. The number of methoxy groups -OCH3 is 1. The Bertz CT molecular complexity index is 1020. The molecular formula is C17H20ClN5O8. The second-order valence-corrected chi connectivity index (χ2v) is 6.71. The number of terminal acetylenes is 1. The Balaban J connectivity index is 2.44. The SMILES string of the molecule is C#C[C@@](O)([C@@H](COC(CC)(C(=O)O)C(=O)O)OC)[C@@H](O)n1cnc2c(N)nc(Cl)nc21. The highest BCUT2D eigenvalue weighted by atomic mass is 35.5. The monoisotopic (exact) mass is 457 g/mol. The number of aliphatic carboxylic acids is 2. The summed E-state index contributed by atoms with van der Waals surface area (Å²) in [6, 6.07) is 0. The highest BCUT2D eigenvalue weighted by Gasteiger charge is 2.50. The lowest BCUT2D eigenvalue weighted by atomic mass is 9.94. The van der Waals surface area contributed by atoms with Crippen LogP contribution in [-0.4, -0.2) is 82.9 Å². The number of hydrogen-bond donors (Lipinski definition) is 5. The first kappa shape index (κ1) is 24.3. The van der Waals surface area contributed by atoms with E-state index in [0.29, 0.717) is 0 Å². The molecule has 0 spiro atoms. The number of aliphatic hydroxyl groups is 2. The first-order valence-electron chi connectivity index (χ1n) is 8.65. The smallest absolute Gasteiger partial charge is 0.347 e. The first-order valence-corrected chi connectivity index (χ1v) is 9.03. The fraction of sp³-hybridized carbons (Fsp3) is 0.471. The molecule has 0 saturated heterocycles. The van der Waals surface area contributed by atoms with Crippen molar-refractivity contribution in [1.29, 1.82) is 0 Å². The number of nitrogens with two attached hydrogens (primary N) is 1. The fourth-order valence-electron chi connectivity index (χ4n) is 2.85. The summed E-state index contributed by atoms with van der Waals surface area (Å²) < 4.78 is 11.2. The highest BCUT2D eigenvalue weighted by Crippen LogP contribution is 2.31. The lowest BCUT2D eigenvalue weighted by molar-refractivity contribution is -0.203. The third kappa shape index (κ3) is 4.11. The van der Waals surface area contributed by atoms with Gasteiger partial charge in [-0.3, -0.25) is 4.57 Å².